The van der Waals surface area contributed by atoms with E-state index in [0.717, 1.165) is 77.0 Å². The highest BCUT2D eigenvalue weighted by atomic mass is 32.1. The monoisotopic (exact) mass is 910 g/mol. The number of unbranched alkanes of at least 4 members (excludes halogenated alkanes) is 36. The van der Waals surface area contributed by atoms with Gasteiger partial charge in [0.25, 0.3) is 5.60 Å². The molecule has 0 saturated heterocycles. The van der Waals surface area contributed by atoms with E-state index in [1.165, 1.54) is 154 Å². The molecule has 0 aromatic rings. The van der Waals surface area contributed by atoms with Gasteiger partial charge >= 0.3 is 5.97 Å². The number of aliphatic hydroxyl groups excluding tert-OH is 1. The first-order valence-electron chi connectivity index (χ1n) is 27.1. The summed E-state index contributed by atoms with van der Waals surface area (Å²) in [6.07, 6.45) is 42.9. The molecule has 0 rings (SSSR count). The van der Waals surface area contributed by atoms with Crippen molar-refractivity contribution < 1.29 is 34.1 Å². The number of ether oxygens (including phenoxy) is 1. The van der Waals surface area contributed by atoms with Gasteiger partial charge in [-0.25, -0.2) is 0 Å². The number of aliphatic hydroxyl groups is 2. The van der Waals surface area contributed by atoms with Crippen LogP contribution in [0.3, 0.4) is 0 Å². The summed E-state index contributed by atoms with van der Waals surface area (Å²) in [4.78, 5) is 56.6. The van der Waals surface area contributed by atoms with Crippen molar-refractivity contribution in [3.63, 3.8) is 0 Å². The van der Waals surface area contributed by atoms with Crippen LogP contribution in [0, 0.1) is 0 Å². The minimum atomic E-state index is -2.92. The smallest absolute Gasteiger partial charge is 0.325 e. The molecule has 0 fully saturated rings. The first-order chi connectivity index (χ1) is 30.6. The minimum absolute atomic E-state index is 0.126. The average molecular weight is 910 g/mol. The number of ketones is 3. The van der Waals surface area contributed by atoms with Gasteiger partial charge in [0.2, 0.25) is 5.60 Å². The summed E-state index contributed by atoms with van der Waals surface area (Å²) in [5, 5.41) is 23.1. The molecule has 0 radical (unpaired) electrons. The highest BCUT2D eigenvalue weighted by molar-refractivity contribution is 7.80. The largest absolute Gasteiger partial charge is 0.438 e. The standard InChI is InChI=1S/C54H103NO7S/c1-4-7-10-13-16-19-22-25-28-31-34-37-40-43-49(57)53(61,47-56)54(62-52(60)48(55)46-63,50(58)44-41-38-35-32-29-26-23-20-17-14-11-8-5-2)51(59)45-42-39-36-33-30-27-24-21-18-15-12-9-6-3/h48,56,61,63H,4-47,55H2,1-3H3/t48-,53+/m0/s1. The summed E-state index contributed by atoms with van der Waals surface area (Å²) in [6, 6.07) is -1.29. The lowest BCUT2D eigenvalue weighted by molar-refractivity contribution is -0.209. The molecule has 0 aromatic carbocycles. The molecule has 63 heavy (non-hydrogen) atoms. The summed E-state index contributed by atoms with van der Waals surface area (Å²) in [5.74, 6) is -3.74. The fourth-order valence-electron chi connectivity index (χ4n) is 8.98. The quantitative estimate of drug-likeness (QED) is 0.0204. The molecule has 0 aromatic heterocycles. The van der Waals surface area contributed by atoms with E-state index in [1.54, 1.807) is 0 Å². The number of Topliss-reactive ketones (excluding diaryl/α,β-unsaturated/α-hetero) is 3. The van der Waals surface area contributed by atoms with Gasteiger partial charge in [0.05, 0.1) is 6.61 Å². The Morgan fingerprint density at radius 1 is 0.429 bits per heavy atom. The van der Waals surface area contributed by atoms with Crippen molar-refractivity contribution in [2.24, 2.45) is 5.73 Å². The Balaban J connectivity index is 5.65. The highest BCUT2D eigenvalue weighted by Crippen LogP contribution is 2.36. The van der Waals surface area contributed by atoms with Gasteiger partial charge in [0.15, 0.2) is 17.3 Å². The van der Waals surface area contributed by atoms with Gasteiger partial charge in [-0.3, -0.25) is 19.2 Å². The van der Waals surface area contributed by atoms with E-state index in [4.69, 9.17) is 10.5 Å². The van der Waals surface area contributed by atoms with Crippen molar-refractivity contribution in [1.29, 1.82) is 0 Å². The molecule has 0 saturated carbocycles. The van der Waals surface area contributed by atoms with Crippen LogP contribution in [0.25, 0.3) is 0 Å². The van der Waals surface area contributed by atoms with Crippen molar-refractivity contribution >= 4 is 35.9 Å². The highest BCUT2D eigenvalue weighted by Gasteiger charge is 2.66. The van der Waals surface area contributed by atoms with Crippen LogP contribution in [-0.4, -0.2) is 63.1 Å². The molecule has 0 aliphatic carbocycles. The average Bonchev–Trinajstić information content (AvgIpc) is 3.29. The lowest BCUT2D eigenvalue weighted by Crippen LogP contribution is -2.72. The fraction of sp³-hybridized carbons (Fsp3) is 0.926. The van der Waals surface area contributed by atoms with Gasteiger partial charge in [-0.05, 0) is 19.3 Å². The second-order valence-corrected chi connectivity index (χ2v) is 19.5. The van der Waals surface area contributed by atoms with Gasteiger partial charge in [-0.15, -0.1) is 0 Å². The fourth-order valence-corrected chi connectivity index (χ4v) is 9.13. The van der Waals surface area contributed by atoms with Crippen LogP contribution >= 0.6 is 12.6 Å². The molecule has 0 spiro atoms. The number of rotatable bonds is 50. The third-order valence-electron chi connectivity index (χ3n) is 13.3. The predicted octanol–water partition coefficient (Wildman–Crippen LogP) is 14.4. The number of carbonyl (C=O) groups excluding carboxylic acids is 4. The van der Waals surface area contributed by atoms with Crippen LogP contribution in [0.1, 0.15) is 290 Å². The lowest BCUT2D eigenvalue weighted by atomic mass is 9.70. The minimum Gasteiger partial charge on any atom is -0.438 e. The Hall–Kier alpha value is -1.29. The molecule has 0 heterocycles. The third-order valence-corrected chi connectivity index (χ3v) is 13.7. The van der Waals surface area contributed by atoms with Crippen LogP contribution in [0.2, 0.25) is 0 Å². The maximum absolute atomic E-state index is 14.5. The predicted molar refractivity (Wildman–Crippen MR) is 269 cm³/mol. The molecule has 4 N–H and O–H groups in total. The summed E-state index contributed by atoms with van der Waals surface area (Å²) in [6.45, 7) is 5.49. The maximum Gasteiger partial charge on any atom is 0.325 e. The maximum atomic E-state index is 14.5. The van der Waals surface area contributed by atoms with Crippen molar-refractivity contribution in [3.05, 3.63) is 0 Å². The Labute approximate surface area is 394 Å². The van der Waals surface area contributed by atoms with Crippen LogP contribution in [-0.2, 0) is 23.9 Å². The van der Waals surface area contributed by atoms with Gasteiger partial charge < -0.3 is 20.7 Å². The third kappa shape index (κ3) is 29.2. The van der Waals surface area contributed by atoms with Gasteiger partial charge in [-0.1, -0.05) is 252 Å². The zero-order valence-electron chi connectivity index (χ0n) is 41.7. The van der Waals surface area contributed by atoms with Crippen LogP contribution in [0.4, 0.5) is 0 Å². The van der Waals surface area contributed by atoms with E-state index in [-0.39, 0.29) is 25.0 Å². The molecule has 0 aliphatic rings. The number of hydrogen-bond acceptors (Lipinski definition) is 9. The molecular weight excluding hydrogens is 807 g/mol. The zero-order chi connectivity index (χ0) is 46.7. The second-order valence-electron chi connectivity index (χ2n) is 19.2. The second kappa shape index (κ2) is 43.3. The summed E-state index contributed by atoms with van der Waals surface area (Å²) in [5.41, 5.74) is 0.230. The molecule has 8 nitrogen and oxygen atoms in total. The van der Waals surface area contributed by atoms with Gasteiger partial charge in [0.1, 0.15) is 6.04 Å². The summed E-state index contributed by atoms with van der Waals surface area (Å²) in [7, 11) is 0. The number of carbonyl (C=O) groups is 4. The number of esters is 1. The molecule has 2 atom stereocenters. The molecule has 0 aliphatic heterocycles. The Morgan fingerprint density at radius 3 is 0.873 bits per heavy atom. The Bertz CT molecular complexity index is 1060. The molecule has 9 heteroatoms. The topological polar surface area (TPSA) is 144 Å². The van der Waals surface area contributed by atoms with Crippen molar-refractivity contribution in [1.82, 2.24) is 0 Å². The number of nitrogens with two attached hydrogens (primary N) is 1. The number of hydrogen-bond donors (Lipinski definition) is 4. The van der Waals surface area contributed by atoms with E-state index in [2.05, 4.69) is 33.4 Å². The van der Waals surface area contributed by atoms with Crippen LogP contribution in [0.5, 0.6) is 0 Å². The number of thiol groups is 1. The van der Waals surface area contributed by atoms with Crippen molar-refractivity contribution in [2.45, 2.75) is 308 Å². The zero-order valence-corrected chi connectivity index (χ0v) is 42.5. The SMILES string of the molecule is CCCCCCCCCCCCCCCC(=O)C(OC(=O)[C@@H](N)CS)(C(=O)CCCCCCCCCCCCCCC)[C@@](O)(CO)C(=O)CCCCCCCCCCCCCCC. The van der Waals surface area contributed by atoms with Crippen molar-refractivity contribution in [2.75, 3.05) is 12.4 Å². The molecule has 0 unspecified atom stereocenters. The van der Waals surface area contributed by atoms with Gasteiger partial charge in [-0.2, -0.15) is 12.6 Å². The molecule has 0 amide bonds. The van der Waals surface area contributed by atoms with E-state index >= 15 is 0 Å². The van der Waals surface area contributed by atoms with Crippen molar-refractivity contribution in [3.8, 4) is 0 Å². The first-order valence-corrected chi connectivity index (χ1v) is 27.8. The molecule has 372 valence electrons. The summed E-state index contributed by atoms with van der Waals surface area (Å²) >= 11 is 4.15. The Morgan fingerprint density at radius 2 is 0.651 bits per heavy atom. The summed E-state index contributed by atoms with van der Waals surface area (Å²) < 4.78 is 5.80. The van der Waals surface area contributed by atoms with Crippen LogP contribution in [0.15, 0.2) is 0 Å². The van der Waals surface area contributed by atoms with E-state index in [0.29, 0.717) is 19.3 Å². The normalized spacial score (nSPS) is 13.3. The first kappa shape index (κ1) is 61.7. The van der Waals surface area contributed by atoms with E-state index in [1.807, 2.05) is 0 Å². The van der Waals surface area contributed by atoms with E-state index < -0.39 is 47.2 Å². The molecular formula is C54H103NO7S. The van der Waals surface area contributed by atoms with Crippen LogP contribution < -0.4 is 5.73 Å². The molecule has 0 bridgehead atoms. The Kier molecular flexibility index (Phi) is 42.4. The van der Waals surface area contributed by atoms with Gasteiger partial charge in [0, 0.05) is 25.0 Å². The lowest BCUT2D eigenvalue weighted by Gasteiger charge is -2.42. The van der Waals surface area contributed by atoms with E-state index in [9.17, 15) is 29.4 Å².